The molecule has 0 N–H and O–H groups in total. The summed E-state index contributed by atoms with van der Waals surface area (Å²) in [6, 6.07) is 13.9. The minimum atomic E-state index is -0.230. The average Bonchev–Trinajstić information content (AvgIpc) is 2.25. The summed E-state index contributed by atoms with van der Waals surface area (Å²) < 4.78 is 12.7. The van der Waals surface area contributed by atoms with Crippen molar-refractivity contribution in [2.45, 2.75) is 0 Å². The number of rotatable bonds is 2. The summed E-state index contributed by atoms with van der Waals surface area (Å²) in [5.74, 6) is -0.230. The van der Waals surface area contributed by atoms with Crippen molar-refractivity contribution in [3.63, 3.8) is 0 Å². The van der Waals surface area contributed by atoms with Crippen LogP contribution in [0.15, 0.2) is 48.5 Å². The Labute approximate surface area is 93.3 Å². The first-order valence-electron chi connectivity index (χ1n) is 4.60. The van der Waals surface area contributed by atoms with E-state index in [0.717, 1.165) is 11.1 Å². The minimum Gasteiger partial charge on any atom is -0.207 e. The lowest BCUT2D eigenvalue weighted by Gasteiger charge is -2.03. The van der Waals surface area contributed by atoms with E-state index in [1.165, 1.54) is 12.1 Å². The molecule has 0 unspecified atom stereocenters. The minimum absolute atomic E-state index is 0.230. The molecule has 2 aromatic carbocycles. The van der Waals surface area contributed by atoms with Gasteiger partial charge in [0.25, 0.3) is 0 Å². The fourth-order valence-corrected chi connectivity index (χ4v) is 1.52. The van der Waals surface area contributed by atoms with Gasteiger partial charge in [-0.25, -0.2) is 4.39 Å². The van der Waals surface area contributed by atoms with E-state index in [9.17, 15) is 4.39 Å². The molecule has 0 spiro atoms. The van der Waals surface area contributed by atoms with Gasteiger partial charge in [0, 0.05) is 11.4 Å². The van der Waals surface area contributed by atoms with Crippen LogP contribution >= 0.6 is 11.6 Å². The summed E-state index contributed by atoms with van der Waals surface area (Å²) in [7, 11) is 0. The fraction of sp³-hybridized carbons (Fsp3) is 0. The van der Waals surface area contributed by atoms with Crippen molar-refractivity contribution in [1.29, 1.82) is 0 Å². The molecule has 2 heteroatoms. The molecule has 0 amide bonds. The molecule has 0 nitrogen and oxygen atoms in total. The van der Waals surface area contributed by atoms with Crippen LogP contribution < -0.4 is 0 Å². The SMILES string of the molecule is Fc1ccc([CH]c2ccccc2Cl)cc1. The van der Waals surface area contributed by atoms with E-state index in [-0.39, 0.29) is 5.82 Å². The van der Waals surface area contributed by atoms with Gasteiger partial charge in [-0.05, 0) is 29.3 Å². The molecule has 2 rings (SSSR count). The summed E-state index contributed by atoms with van der Waals surface area (Å²) in [5.41, 5.74) is 1.87. The molecule has 0 aliphatic carbocycles. The first-order chi connectivity index (χ1) is 7.25. The molecule has 1 radical (unpaired) electrons. The predicted octanol–water partition coefficient (Wildman–Crippen LogP) is 4.08. The Hall–Kier alpha value is -1.34. The zero-order valence-corrected chi connectivity index (χ0v) is 8.71. The Morgan fingerprint density at radius 2 is 1.60 bits per heavy atom. The normalized spacial score (nSPS) is 10.3. The molecule has 0 bridgehead atoms. The zero-order chi connectivity index (χ0) is 10.7. The van der Waals surface area contributed by atoms with Crippen molar-refractivity contribution in [3.05, 3.63) is 76.9 Å². The largest absolute Gasteiger partial charge is 0.207 e. The van der Waals surface area contributed by atoms with Crippen LogP contribution in [0.4, 0.5) is 4.39 Å². The summed E-state index contributed by atoms with van der Waals surface area (Å²) in [6.45, 7) is 0. The Morgan fingerprint density at radius 1 is 0.933 bits per heavy atom. The van der Waals surface area contributed by atoms with Gasteiger partial charge in [-0.1, -0.05) is 41.9 Å². The molecule has 0 aromatic heterocycles. The second-order valence-corrected chi connectivity index (χ2v) is 3.62. The third-order valence-electron chi connectivity index (χ3n) is 2.10. The molecule has 0 aliphatic heterocycles. The molecule has 0 atom stereocenters. The average molecular weight is 220 g/mol. The Kier molecular flexibility index (Phi) is 3.02. The third kappa shape index (κ3) is 2.57. The molecule has 15 heavy (non-hydrogen) atoms. The van der Waals surface area contributed by atoms with Gasteiger partial charge in [-0.3, -0.25) is 0 Å². The molecule has 75 valence electrons. The van der Waals surface area contributed by atoms with Gasteiger partial charge >= 0.3 is 0 Å². The standard InChI is InChI=1S/C13H9ClF/c14-13-4-2-1-3-11(13)9-10-5-7-12(15)8-6-10/h1-9H. The summed E-state index contributed by atoms with van der Waals surface area (Å²) in [4.78, 5) is 0. The number of halogens is 2. The van der Waals surface area contributed by atoms with Crippen LogP contribution in [-0.4, -0.2) is 0 Å². The number of hydrogen-bond donors (Lipinski definition) is 0. The summed E-state index contributed by atoms with van der Waals surface area (Å²) in [5, 5.41) is 0.696. The highest BCUT2D eigenvalue weighted by atomic mass is 35.5. The van der Waals surface area contributed by atoms with E-state index >= 15 is 0 Å². The van der Waals surface area contributed by atoms with Crippen LogP contribution in [0.5, 0.6) is 0 Å². The third-order valence-corrected chi connectivity index (χ3v) is 2.44. The van der Waals surface area contributed by atoms with Gasteiger partial charge in [0.2, 0.25) is 0 Å². The Balaban J connectivity index is 2.22. The van der Waals surface area contributed by atoms with E-state index < -0.39 is 0 Å². The second kappa shape index (κ2) is 4.45. The van der Waals surface area contributed by atoms with E-state index in [1.807, 2.05) is 30.7 Å². The van der Waals surface area contributed by atoms with E-state index in [0.29, 0.717) is 5.02 Å². The maximum atomic E-state index is 12.7. The highest BCUT2D eigenvalue weighted by Crippen LogP contribution is 2.20. The van der Waals surface area contributed by atoms with Crippen LogP contribution in [-0.2, 0) is 0 Å². The van der Waals surface area contributed by atoms with Crippen LogP contribution in [0.25, 0.3) is 0 Å². The quantitative estimate of drug-likeness (QED) is 0.714. The molecule has 2 aromatic rings. The maximum Gasteiger partial charge on any atom is 0.123 e. The van der Waals surface area contributed by atoms with Crippen molar-refractivity contribution in [1.82, 2.24) is 0 Å². The van der Waals surface area contributed by atoms with Crippen LogP contribution in [0, 0.1) is 12.2 Å². The van der Waals surface area contributed by atoms with Crippen LogP contribution in [0.1, 0.15) is 11.1 Å². The van der Waals surface area contributed by atoms with E-state index in [4.69, 9.17) is 11.6 Å². The zero-order valence-electron chi connectivity index (χ0n) is 7.95. The van der Waals surface area contributed by atoms with E-state index in [1.54, 1.807) is 12.1 Å². The molecule has 0 saturated carbocycles. The molecular formula is C13H9ClF. The van der Waals surface area contributed by atoms with Gasteiger partial charge in [0.05, 0.1) is 0 Å². The van der Waals surface area contributed by atoms with Crippen molar-refractivity contribution < 1.29 is 4.39 Å². The van der Waals surface area contributed by atoms with Crippen molar-refractivity contribution in [2.24, 2.45) is 0 Å². The number of benzene rings is 2. The molecule has 0 aliphatic rings. The number of hydrogen-bond acceptors (Lipinski definition) is 0. The lowest BCUT2D eigenvalue weighted by molar-refractivity contribution is 0.627. The topological polar surface area (TPSA) is 0 Å². The molecule has 0 heterocycles. The summed E-state index contributed by atoms with van der Waals surface area (Å²) >= 11 is 6.00. The summed E-state index contributed by atoms with van der Waals surface area (Å²) in [6.07, 6.45) is 1.92. The molecular weight excluding hydrogens is 211 g/mol. The first-order valence-corrected chi connectivity index (χ1v) is 4.98. The fourth-order valence-electron chi connectivity index (χ4n) is 1.33. The van der Waals surface area contributed by atoms with Gasteiger partial charge in [0.15, 0.2) is 0 Å². The van der Waals surface area contributed by atoms with E-state index in [2.05, 4.69) is 0 Å². The van der Waals surface area contributed by atoms with Crippen LogP contribution in [0.2, 0.25) is 5.02 Å². The second-order valence-electron chi connectivity index (χ2n) is 3.22. The van der Waals surface area contributed by atoms with Crippen LogP contribution in [0.3, 0.4) is 0 Å². The molecule has 0 fully saturated rings. The highest BCUT2D eigenvalue weighted by Gasteiger charge is 2.01. The Morgan fingerprint density at radius 3 is 2.27 bits per heavy atom. The first kappa shape index (κ1) is 10.2. The smallest absolute Gasteiger partial charge is 0.123 e. The molecule has 0 saturated heterocycles. The van der Waals surface area contributed by atoms with Crippen molar-refractivity contribution in [3.8, 4) is 0 Å². The van der Waals surface area contributed by atoms with Crippen molar-refractivity contribution >= 4 is 11.6 Å². The lowest BCUT2D eigenvalue weighted by atomic mass is 10.1. The Bertz CT molecular complexity index is 448. The highest BCUT2D eigenvalue weighted by molar-refractivity contribution is 6.31. The van der Waals surface area contributed by atoms with Crippen molar-refractivity contribution in [2.75, 3.05) is 0 Å². The maximum absolute atomic E-state index is 12.7. The van der Waals surface area contributed by atoms with Gasteiger partial charge in [-0.15, -0.1) is 0 Å². The monoisotopic (exact) mass is 219 g/mol. The van der Waals surface area contributed by atoms with Gasteiger partial charge in [0.1, 0.15) is 5.82 Å². The van der Waals surface area contributed by atoms with Gasteiger partial charge in [-0.2, -0.15) is 0 Å². The lowest BCUT2D eigenvalue weighted by Crippen LogP contribution is -1.86. The predicted molar refractivity (Wildman–Crippen MR) is 60.4 cm³/mol. The van der Waals surface area contributed by atoms with Gasteiger partial charge < -0.3 is 0 Å².